The second-order valence-corrected chi connectivity index (χ2v) is 8.59. The lowest BCUT2D eigenvalue weighted by Gasteiger charge is -2.12. The smallest absolute Gasteiger partial charge is 0.206 e. The van der Waals surface area contributed by atoms with E-state index >= 15 is 0 Å². The quantitative estimate of drug-likeness (QED) is 0.262. The van der Waals surface area contributed by atoms with Gasteiger partial charge in [0.15, 0.2) is 0 Å². The molecule has 8 heteroatoms. The third-order valence-electron chi connectivity index (χ3n) is 5.19. The highest BCUT2D eigenvalue weighted by atomic mass is 32.1. The van der Waals surface area contributed by atoms with Crippen LogP contribution in [0.4, 0.5) is 0 Å². The maximum Gasteiger partial charge on any atom is 0.206 e. The summed E-state index contributed by atoms with van der Waals surface area (Å²) in [7, 11) is 3.31. The van der Waals surface area contributed by atoms with Crippen molar-refractivity contribution in [2.24, 2.45) is 10.1 Å². The molecule has 4 rings (SSSR count). The highest BCUT2D eigenvalue weighted by molar-refractivity contribution is 7.07. The van der Waals surface area contributed by atoms with Crippen LogP contribution in [0.2, 0.25) is 0 Å². The Morgan fingerprint density at radius 2 is 1.88 bits per heavy atom. The van der Waals surface area contributed by atoms with Gasteiger partial charge in [0.2, 0.25) is 4.80 Å². The summed E-state index contributed by atoms with van der Waals surface area (Å²) >= 11 is 1.52. The number of methoxy groups -OCH3 is 2. The van der Waals surface area contributed by atoms with E-state index in [0.29, 0.717) is 6.54 Å². The molecule has 0 saturated carbocycles. The standard InChI is InChI=1S/C26H27N5O2S/c1-18(2)15-28-26-31(24(16-34-26)23-14-22(32-4)10-11-25(23)33-5)29-19(3)20-6-8-21(9-7-20)30-13-12-27-17-30/h6-14,16-17H,1,15H2,2-5H3. The average molecular weight is 474 g/mol. The van der Waals surface area contributed by atoms with Crippen LogP contribution >= 0.6 is 11.3 Å². The van der Waals surface area contributed by atoms with Crippen LogP contribution in [0.25, 0.3) is 16.9 Å². The van der Waals surface area contributed by atoms with Gasteiger partial charge >= 0.3 is 0 Å². The Morgan fingerprint density at radius 3 is 2.53 bits per heavy atom. The minimum atomic E-state index is 0.531. The molecule has 0 N–H and O–H groups in total. The van der Waals surface area contributed by atoms with Crippen molar-refractivity contribution in [3.63, 3.8) is 0 Å². The Bertz CT molecular complexity index is 1380. The second kappa shape index (κ2) is 10.4. The number of hydrogen-bond acceptors (Lipinski definition) is 6. The van der Waals surface area contributed by atoms with Gasteiger partial charge in [-0.05, 0) is 49.7 Å². The van der Waals surface area contributed by atoms with Gasteiger partial charge in [-0.1, -0.05) is 24.3 Å². The molecule has 0 aliphatic heterocycles. The van der Waals surface area contributed by atoms with Crippen LogP contribution in [0.15, 0.2) is 88.8 Å². The molecule has 0 aliphatic carbocycles. The van der Waals surface area contributed by atoms with E-state index in [0.717, 1.165) is 50.1 Å². The minimum absolute atomic E-state index is 0.531. The monoisotopic (exact) mass is 473 g/mol. The fourth-order valence-corrected chi connectivity index (χ4v) is 4.22. The highest BCUT2D eigenvalue weighted by Crippen LogP contribution is 2.33. The van der Waals surface area contributed by atoms with Crippen molar-refractivity contribution in [3.8, 4) is 28.4 Å². The third-order valence-corrected chi connectivity index (χ3v) is 6.04. The predicted molar refractivity (Wildman–Crippen MR) is 137 cm³/mol. The first-order chi connectivity index (χ1) is 16.5. The number of nitrogens with zero attached hydrogens (tertiary/aromatic N) is 5. The third kappa shape index (κ3) is 5.02. The van der Waals surface area contributed by atoms with Gasteiger partial charge in [-0.3, -0.25) is 4.99 Å². The minimum Gasteiger partial charge on any atom is -0.497 e. The van der Waals surface area contributed by atoms with Crippen LogP contribution < -0.4 is 14.3 Å². The zero-order valence-electron chi connectivity index (χ0n) is 19.7. The molecule has 174 valence electrons. The van der Waals surface area contributed by atoms with Crippen LogP contribution in [-0.2, 0) is 0 Å². The zero-order valence-corrected chi connectivity index (χ0v) is 20.5. The van der Waals surface area contributed by atoms with Crippen LogP contribution in [0.3, 0.4) is 0 Å². The first kappa shape index (κ1) is 23.3. The van der Waals surface area contributed by atoms with E-state index in [9.17, 15) is 0 Å². The van der Waals surface area contributed by atoms with Gasteiger partial charge in [-0.15, -0.1) is 11.3 Å². The van der Waals surface area contributed by atoms with Crippen LogP contribution in [0.5, 0.6) is 11.5 Å². The highest BCUT2D eigenvalue weighted by Gasteiger charge is 2.15. The first-order valence-electron chi connectivity index (χ1n) is 10.7. The average Bonchev–Trinajstić information content (AvgIpc) is 3.53. The fraction of sp³-hybridized carbons (Fsp3) is 0.192. The van der Waals surface area contributed by atoms with Crippen molar-refractivity contribution in [2.45, 2.75) is 13.8 Å². The number of rotatable bonds is 8. The molecule has 0 saturated heterocycles. The fourth-order valence-electron chi connectivity index (χ4n) is 3.40. The Labute approximate surface area is 203 Å². The zero-order chi connectivity index (χ0) is 24.1. The molecule has 34 heavy (non-hydrogen) atoms. The summed E-state index contributed by atoms with van der Waals surface area (Å²) in [6.45, 7) is 8.46. The van der Waals surface area contributed by atoms with Gasteiger partial charge in [0.25, 0.3) is 0 Å². The van der Waals surface area contributed by atoms with Gasteiger partial charge in [-0.2, -0.15) is 5.10 Å². The molecular weight excluding hydrogens is 446 g/mol. The molecule has 0 fully saturated rings. The number of imidazole rings is 1. The largest absolute Gasteiger partial charge is 0.497 e. The Hall–Kier alpha value is -3.91. The summed E-state index contributed by atoms with van der Waals surface area (Å²) < 4.78 is 14.9. The van der Waals surface area contributed by atoms with Crippen molar-refractivity contribution >= 4 is 17.0 Å². The van der Waals surface area contributed by atoms with Crippen molar-refractivity contribution in [2.75, 3.05) is 20.8 Å². The Kier molecular flexibility index (Phi) is 7.08. The molecule has 4 aromatic rings. The molecule has 2 aromatic carbocycles. The lowest BCUT2D eigenvalue weighted by Crippen LogP contribution is -2.15. The predicted octanol–water partition coefficient (Wildman–Crippen LogP) is 5.17. The lowest BCUT2D eigenvalue weighted by atomic mass is 10.1. The van der Waals surface area contributed by atoms with E-state index in [1.807, 2.05) is 65.0 Å². The molecule has 0 unspecified atom stereocenters. The number of ether oxygens (including phenoxy) is 2. The summed E-state index contributed by atoms with van der Waals surface area (Å²) in [5.41, 5.74) is 5.64. The number of aromatic nitrogens is 3. The van der Waals surface area contributed by atoms with Crippen molar-refractivity contribution in [1.29, 1.82) is 0 Å². The second-order valence-electron chi connectivity index (χ2n) is 7.76. The van der Waals surface area contributed by atoms with Gasteiger partial charge in [0, 0.05) is 29.0 Å². The maximum atomic E-state index is 5.63. The molecule has 0 amide bonds. The van der Waals surface area contributed by atoms with Gasteiger partial charge < -0.3 is 14.0 Å². The maximum absolute atomic E-state index is 5.63. The van der Waals surface area contributed by atoms with Crippen molar-refractivity contribution < 1.29 is 9.47 Å². The van der Waals surface area contributed by atoms with Gasteiger partial charge in [0.05, 0.1) is 38.5 Å². The molecular formula is C26H27N5O2S. The number of benzene rings is 2. The number of thiazole rings is 1. The van der Waals surface area contributed by atoms with E-state index in [-0.39, 0.29) is 0 Å². The van der Waals surface area contributed by atoms with Gasteiger partial charge in [-0.25, -0.2) is 9.66 Å². The molecule has 2 heterocycles. The summed E-state index contributed by atoms with van der Waals surface area (Å²) in [5, 5.41) is 7.01. The summed E-state index contributed by atoms with van der Waals surface area (Å²) in [4.78, 5) is 9.62. The molecule has 0 spiro atoms. The Morgan fingerprint density at radius 1 is 1.09 bits per heavy atom. The molecule has 0 radical (unpaired) electrons. The molecule has 2 aromatic heterocycles. The SMILES string of the molecule is C=C(C)CN=c1scc(-c2cc(OC)ccc2OC)n1N=C(C)c1ccc(-n2ccnc2)cc1. The van der Waals surface area contributed by atoms with E-state index < -0.39 is 0 Å². The first-order valence-corrected chi connectivity index (χ1v) is 11.6. The normalized spacial score (nSPS) is 12.1. The summed E-state index contributed by atoms with van der Waals surface area (Å²) in [6, 6.07) is 13.9. The lowest BCUT2D eigenvalue weighted by molar-refractivity contribution is 0.404. The van der Waals surface area contributed by atoms with E-state index in [1.54, 1.807) is 26.7 Å². The summed E-state index contributed by atoms with van der Waals surface area (Å²) in [6.07, 6.45) is 5.46. The van der Waals surface area contributed by atoms with Crippen molar-refractivity contribution in [1.82, 2.24) is 14.2 Å². The molecule has 0 bridgehead atoms. The van der Waals surface area contributed by atoms with Crippen molar-refractivity contribution in [3.05, 3.63) is 89.1 Å². The van der Waals surface area contributed by atoms with Crippen LogP contribution in [0, 0.1) is 0 Å². The van der Waals surface area contributed by atoms with E-state index in [4.69, 9.17) is 19.6 Å². The van der Waals surface area contributed by atoms with E-state index in [1.165, 1.54) is 11.3 Å². The summed E-state index contributed by atoms with van der Waals surface area (Å²) in [5.74, 6) is 1.47. The van der Waals surface area contributed by atoms with Crippen LogP contribution in [0.1, 0.15) is 19.4 Å². The molecule has 7 nitrogen and oxygen atoms in total. The molecule has 0 atom stereocenters. The van der Waals surface area contributed by atoms with E-state index in [2.05, 4.69) is 23.7 Å². The molecule has 0 aliphatic rings. The van der Waals surface area contributed by atoms with Crippen LogP contribution in [-0.4, -0.2) is 40.7 Å². The Balaban J connectivity index is 1.81. The topological polar surface area (TPSA) is 65.9 Å². The number of hydrogen-bond donors (Lipinski definition) is 0. The van der Waals surface area contributed by atoms with Gasteiger partial charge in [0.1, 0.15) is 11.5 Å².